The minimum absolute atomic E-state index is 0.764. The minimum atomic E-state index is -4.94. The van der Waals surface area contributed by atoms with Crippen molar-refractivity contribution in [3.05, 3.63) is 26.1 Å². The van der Waals surface area contributed by atoms with E-state index in [2.05, 4.69) is 6.07 Å². The van der Waals surface area contributed by atoms with Crippen LogP contribution in [0.3, 0.4) is 0 Å². The van der Waals surface area contributed by atoms with Crippen LogP contribution >= 0.6 is 0 Å². The predicted octanol–water partition coefficient (Wildman–Crippen LogP) is -1.97. The summed E-state index contributed by atoms with van der Waals surface area (Å²) in [5.41, 5.74) is 3.49. The van der Waals surface area contributed by atoms with Gasteiger partial charge in [-0.3, -0.25) is 0 Å². The molecule has 19 heavy (non-hydrogen) atoms. The van der Waals surface area contributed by atoms with Crippen molar-refractivity contribution < 1.29 is 28.9 Å². The third-order valence-corrected chi connectivity index (χ3v) is 6.50. The van der Waals surface area contributed by atoms with Crippen LogP contribution in [0.25, 0.3) is 0 Å². The van der Waals surface area contributed by atoms with Crippen LogP contribution in [0.4, 0.5) is 0 Å². The fraction of sp³-hybridized carbons (Fsp3) is 0.615. The molecule has 3 rings (SSSR count). The molecule has 0 amide bonds. The Morgan fingerprint density at radius 3 is 1.53 bits per heavy atom. The standard InChI is InChI=1S/C13H17Se.ClHO4/c1-3-7-12-10(5-1)9-11-6-2-4-8-13(11)14-12;2-1(3,4)5/h9H,1-8H2;(H,2,3,4,5)/q+1;/p-1. The van der Waals surface area contributed by atoms with Crippen molar-refractivity contribution in [2.75, 3.05) is 0 Å². The van der Waals surface area contributed by atoms with Gasteiger partial charge in [0.1, 0.15) is 0 Å². The first-order chi connectivity index (χ1) is 8.93. The summed E-state index contributed by atoms with van der Waals surface area (Å²) in [6, 6.07) is 2.56. The van der Waals surface area contributed by atoms with E-state index in [4.69, 9.17) is 18.6 Å². The Morgan fingerprint density at radius 1 is 0.737 bits per heavy atom. The Bertz CT molecular complexity index is 373. The number of hydrogen-bond donors (Lipinski definition) is 0. The molecule has 2 aliphatic carbocycles. The number of rotatable bonds is 0. The second-order valence-electron chi connectivity index (χ2n) is 4.94. The van der Waals surface area contributed by atoms with Crippen molar-refractivity contribution >= 4 is 14.5 Å². The summed E-state index contributed by atoms with van der Waals surface area (Å²) >= 11 is 0.764. The molecular formula is C13H17ClO4Se. The van der Waals surface area contributed by atoms with Crippen molar-refractivity contribution in [1.29, 1.82) is 0 Å². The van der Waals surface area contributed by atoms with Gasteiger partial charge in [-0.05, 0) is 0 Å². The zero-order valence-electron chi connectivity index (χ0n) is 10.7. The normalized spacial score (nSPS) is 17.9. The molecule has 0 spiro atoms. The molecule has 106 valence electrons. The average molecular weight is 352 g/mol. The third kappa shape index (κ3) is 5.12. The van der Waals surface area contributed by atoms with Crippen LogP contribution in [0.15, 0.2) is 6.07 Å². The van der Waals surface area contributed by atoms with E-state index in [1.807, 2.05) is 8.87 Å². The molecule has 0 saturated heterocycles. The van der Waals surface area contributed by atoms with Crippen LogP contribution in [0.2, 0.25) is 0 Å². The average Bonchev–Trinajstić information content (AvgIpc) is 2.34. The van der Waals surface area contributed by atoms with E-state index in [1.165, 1.54) is 51.4 Å². The van der Waals surface area contributed by atoms with E-state index in [1.54, 1.807) is 11.1 Å². The van der Waals surface area contributed by atoms with Gasteiger partial charge in [-0.15, -0.1) is 10.2 Å². The van der Waals surface area contributed by atoms with Crippen LogP contribution in [0.1, 0.15) is 45.7 Å². The van der Waals surface area contributed by atoms with E-state index in [0.717, 1.165) is 14.5 Å². The van der Waals surface area contributed by atoms with Crippen LogP contribution in [-0.4, -0.2) is 14.5 Å². The van der Waals surface area contributed by atoms with Crippen LogP contribution in [0.5, 0.6) is 0 Å². The molecule has 0 bridgehead atoms. The SMILES string of the molecule is [O-][Cl+3]([O-])([O-])[O-].c1c2c([se+]c3c1CCCC3)CCCC2. The number of hydrogen-bond acceptors (Lipinski definition) is 4. The second kappa shape index (κ2) is 6.63. The Balaban J connectivity index is 0.000000232. The maximum absolute atomic E-state index is 8.49. The molecule has 0 N–H and O–H groups in total. The van der Waals surface area contributed by atoms with Gasteiger partial charge < -0.3 is 0 Å². The van der Waals surface area contributed by atoms with Gasteiger partial charge in [0.15, 0.2) is 0 Å². The monoisotopic (exact) mass is 352 g/mol. The molecule has 0 aromatic carbocycles. The van der Waals surface area contributed by atoms with Crippen LogP contribution in [0, 0.1) is 10.2 Å². The molecule has 0 radical (unpaired) electrons. The molecule has 6 heteroatoms. The molecule has 4 nitrogen and oxygen atoms in total. The summed E-state index contributed by atoms with van der Waals surface area (Å²) < 4.78 is 37.7. The molecule has 1 heterocycles. The third-order valence-electron chi connectivity index (χ3n) is 3.51. The molecule has 0 unspecified atom stereocenters. The van der Waals surface area contributed by atoms with Crippen molar-refractivity contribution in [2.45, 2.75) is 51.4 Å². The topological polar surface area (TPSA) is 92.2 Å². The van der Waals surface area contributed by atoms with Crippen LogP contribution in [-0.2, 0) is 25.7 Å². The summed E-state index contributed by atoms with van der Waals surface area (Å²) in [5, 5.41) is 0. The molecule has 0 atom stereocenters. The number of aryl methyl sites for hydroxylation is 4. The molecule has 2 aliphatic rings. The zero-order chi connectivity index (χ0) is 13.9. The Kier molecular flexibility index (Phi) is 5.37. The fourth-order valence-corrected chi connectivity index (χ4v) is 5.58. The first-order valence-corrected chi connectivity index (χ1v) is 9.46. The van der Waals surface area contributed by atoms with Gasteiger partial charge in [0.25, 0.3) is 0 Å². The fourth-order valence-electron chi connectivity index (χ4n) is 2.70. The second-order valence-corrected chi connectivity index (χ2v) is 8.19. The first-order valence-electron chi connectivity index (χ1n) is 6.52. The van der Waals surface area contributed by atoms with Crippen molar-refractivity contribution in [2.24, 2.45) is 0 Å². The molecule has 1 aromatic heterocycles. The van der Waals surface area contributed by atoms with Crippen LogP contribution < -0.4 is 18.6 Å². The predicted molar refractivity (Wildman–Crippen MR) is 61.1 cm³/mol. The summed E-state index contributed by atoms with van der Waals surface area (Å²) in [6.07, 6.45) is 11.4. The van der Waals surface area contributed by atoms with Gasteiger partial charge in [0, 0.05) is 0 Å². The number of fused-ring (bicyclic) bond motifs is 2. The molecule has 0 saturated carbocycles. The van der Waals surface area contributed by atoms with E-state index >= 15 is 0 Å². The van der Waals surface area contributed by atoms with Crippen molar-refractivity contribution in [1.82, 2.24) is 0 Å². The quantitative estimate of drug-likeness (QED) is 0.507. The van der Waals surface area contributed by atoms with Gasteiger partial charge in [-0.2, -0.15) is 0 Å². The van der Waals surface area contributed by atoms with E-state index in [9.17, 15) is 0 Å². The summed E-state index contributed by atoms with van der Waals surface area (Å²) in [4.78, 5) is 0. The summed E-state index contributed by atoms with van der Waals surface area (Å²) in [7, 11) is -4.94. The molecule has 0 fully saturated rings. The Morgan fingerprint density at radius 2 is 1.11 bits per heavy atom. The van der Waals surface area contributed by atoms with Gasteiger partial charge >= 0.3 is 91.9 Å². The van der Waals surface area contributed by atoms with Gasteiger partial charge in [-0.1, -0.05) is 0 Å². The molecule has 1 aromatic rings. The first kappa shape index (κ1) is 15.4. The summed E-state index contributed by atoms with van der Waals surface area (Å²) in [6.45, 7) is 0. The van der Waals surface area contributed by atoms with Gasteiger partial charge in [-0.25, -0.2) is 18.6 Å². The van der Waals surface area contributed by atoms with E-state index < -0.39 is 10.2 Å². The molecular weight excluding hydrogens is 335 g/mol. The zero-order valence-corrected chi connectivity index (χ0v) is 13.1. The Hall–Kier alpha value is -0.000519. The van der Waals surface area contributed by atoms with E-state index in [-0.39, 0.29) is 0 Å². The molecule has 0 aliphatic heterocycles. The van der Waals surface area contributed by atoms with E-state index in [0.29, 0.717) is 0 Å². The number of halogens is 1. The van der Waals surface area contributed by atoms with Crippen molar-refractivity contribution in [3.8, 4) is 0 Å². The summed E-state index contributed by atoms with van der Waals surface area (Å²) in [5.74, 6) is 0. The van der Waals surface area contributed by atoms with Crippen molar-refractivity contribution in [3.63, 3.8) is 0 Å². The maximum atomic E-state index is 8.49. The Labute approximate surface area is 121 Å². The van der Waals surface area contributed by atoms with Gasteiger partial charge in [0.2, 0.25) is 0 Å². The van der Waals surface area contributed by atoms with Gasteiger partial charge in [0.05, 0.1) is 0 Å².